The van der Waals surface area contributed by atoms with Gasteiger partial charge in [-0.05, 0) is 170 Å². The van der Waals surface area contributed by atoms with Crippen LogP contribution in [0.3, 0.4) is 0 Å². The van der Waals surface area contributed by atoms with Gasteiger partial charge in [-0.15, -0.1) is 0 Å². The summed E-state index contributed by atoms with van der Waals surface area (Å²) >= 11 is 0. The van der Waals surface area contributed by atoms with Gasteiger partial charge in [0.1, 0.15) is 0 Å². The van der Waals surface area contributed by atoms with Crippen molar-refractivity contribution >= 4 is 51.0 Å². The van der Waals surface area contributed by atoms with Gasteiger partial charge in [-0.1, -0.05) is 232 Å². The minimum atomic E-state index is -0.319. The molecule has 1 aliphatic carbocycles. The van der Waals surface area contributed by atoms with Crippen LogP contribution in [-0.2, 0) is 11.8 Å². The smallest absolute Gasteiger partial charge is 0.0541 e. The number of unbranched alkanes of at least 4 members (excludes halogenated alkanes) is 2. The standard InChI is InChI=1S/C76H60N2/c1-3-54-28-30-56(31-29-54)19-9-8-18-50-76(63-22-12-6-13-23-63)72-27-17-16-26-68(72)69-47-46-67(53-73(69)76)77(65-42-36-58(37-43-65)57-20-10-5-11-21-57)66-44-38-60(39-45-66)62-41-49-75-71(52-62)70-51-61(59-34-32-55(4-2)33-35-59)40-48-74(70)78(75)64-24-14-7-15-25-64/h3-7,10-17,20-49,51-53H,1-2,8-9,18-19,50H2. The summed E-state index contributed by atoms with van der Waals surface area (Å²) in [5, 5.41) is 2.45. The predicted octanol–water partition coefficient (Wildman–Crippen LogP) is 20.7. The third-order valence-corrected chi connectivity index (χ3v) is 16.3. The highest BCUT2D eigenvalue weighted by Gasteiger charge is 2.44. The normalized spacial score (nSPS) is 13.5. The molecule has 1 aliphatic rings. The van der Waals surface area contributed by atoms with E-state index in [9.17, 15) is 0 Å². The Balaban J connectivity index is 0.900. The Morgan fingerprint density at radius 1 is 0.372 bits per heavy atom. The summed E-state index contributed by atoms with van der Waals surface area (Å²) < 4.78 is 2.40. The molecule has 2 heteroatoms. The van der Waals surface area contributed by atoms with Crippen molar-refractivity contribution in [2.45, 2.75) is 37.5 Å². The summed E-state index contributed by atoms with van der Waals surface area (Å²) in [5.74, 6) is 0. The molecule has 0 fully saturated rings. The molecule has 11 aromatic carbocycles. The first kappa shape index (κ1) is 48.2. The summed E-state index contributed by atoms with van der Waals surface area (Å²) in [4.78, 5) is 2.45. The monoisotopic (exact) mass is 1000 g/mol. The van der Waals surface area contributed by atoms with Gasteiger partial charge in [0.15, 0.2) is 0 Å². The average Bonchev–Trinajstić information content (AvgIpc) is 4.21. The fourth-order valence-electron chi connectivity index (χ4n) is 12.4. The zero-order chi connectivity index (χ0) is 52.4. The molecule has 78 heavy (non-hydrogen) atoms. The fraction of sp³-hybridized carbons (Fsp3) is 0.0789. The molecule has 0 N–H and O–H groups in total. The third kappa shape index (κ3) is 8.85. The number of aromatic nitrogens is 1. The van der Waals surface area contributed by atoms with Crippen LogP contribution in [0.5, 0.6) is 0 Å². The SMILES string of the molecule is C=Cc1ccc(CCCCCC2(c3ccccc3)c3ccccc3-c3ccc(N(c4ccc(-c5ccccc5)cc4)c4ccc(-c5ccc6c(c5)c5cc(-c7ccc(C=C)cc7)ccc5n6-c5ccccc5)cc4)cc32)cc1. The Morgan fingerprint density at radius 2 is 0.846 bits per heavy atom. The van der Waals surface area contributed by atoms with E-state index in [-0.39, 0.29) is 5.41 Å². The lowest BCUT2D eigenvalue weighted by molar-refractivity contribution is 0.518. The van der Waals surface area contributed by atoms with Crippen LogP contribution < -0.4 is 4.90 Å². The van der Waals surface area contributed by atoms with Crippen LogP contribution in [0.15, 0.2) is 280 Å². The van der Waals surface area contributed by atoms with E-state index in [1.807, 2.05) is 12.2 Å². The number of aryl methyl sites for hydroxylation is 1. The zero-order valence-electron chi connectivity index (χ0n) is 43.9. The average molecular weight is 1000 g/mol. The molecule has 0 saturated carbocycles. The number of rotatable bonds is 16. The molecule has 0 aliphatic heterocycles. The highest BCUT2D eigenvalue weighted by molar-refractivity contribution is 6.11. The summed E-state index contributed by atoms with van der Waals surface area (Å²) in [6.45, 7) is 7.92. The number of fused-ring (bicyclic) bond motifs is 6. The molecule has 374 valence electrons. The van der Waals surface area contributed by atoms with E-state index in [0.29, 0.717) is 0 Å². The van der Waals surface area contributed by atoms with Crippen molar-refractivity contribution in [2.24, 2.45) is 0 Å². The molecule has 12 aromatic rings. The number of nitrogens with zero attached hydrogens (tertiary/aromatic N) is 2. The van der Waals surface area contributed by atoms with Crippen LogP contribution >= 0.6 is 0 Å². The molecular weight excluding hydrogens is 941 g/mol. The first-order chi connectivity index (χ1) is 38.6. The second kappa shape index (κ2) is 20.9. The first-order valence-corrected chi connectivity index (χ1v) is 27.5. The van der Waals surface area contributed by atoms with E-state index in [1.165, 1.54) is 88.6 Å². The molecule has 0 amide bonds. The zero-order valence-corrected chi connectivity index (χ0v) is 43.9. The van der Waals surface area contributed by atoms with Crippen LogP contribution in [0.4, 0.5) is 17.1 Å². The van der Waals surface area contributed by atoms with E-state index in [2.05, 4.69) is 290 Å². The van der Waals surface area contributed by atoms with Gasteiger partial charge in [-0.2, -0.15) is 0 Å². The van der Waals surface area contributed by atoms with Crippen molar-refractivity contribution in [3.8, 4) is 50.2 Å². The van der Waals surface area contributed by atoms with Gasteiger partial charge in [0.2, 0.25) is 0 Å². The van der Waals surface area contributed by atoms with Crippen molar-refractivity contribution in [3.05, 3.63) is 313 Å². The van der Waals surface area contributed by atoms with Gasteiger partial charge >= 0.3 is 0 Å². The van der Waals surface area contributed by atoms with Crippen LogP contribution in [-0.4, -0.2) is 4.57 Å². The first-order valence-electron chi connectivity index (χ1n) is 27.5. The Labute approximate surface area is 459 Å². The maximum absolute atomic E-state index is 3.97. The third-order valence-electron chi connectivity index (χ3n) is 16.3. The van der Waals surface area contributed by atoms with Crippen molar-refractivity contribution in [2.75, 3.05) is 4.90 Å². The molecule has 2 nitrogen and oxygen atoms in total. The maximum Gasteiger partial charge on any atom is 0.0541 e. The highest BCUT2D eigenvalue weighted by atomic mass is 15.1. The molecular formula is C76H60N2. The lowest BCUT2D eigenvalue weighted by atomic mass is 9.69. The molecule has 0 radical (unpaired) electrons. The van der Waals surface area contributed by atoms with Gasteiger partial charge in [-0.3, -0.25) is 0 Å². The Bertz CT molecular complexity index is 4100. The quantitative estimate of drug-likeness (QED) is 0.0876. The summed E-state index contributed by atoms with van der Waals surface area (Å²) in [6, 6.07) is 98.8. The number of hydrogen-bond donors (Lipinski definition) is 0. The summed E-state index contributed by atoms with van der Waals surface area (Å²) in [7, 11) is 0. The van der Waals surface area contributed by atoms with Crippen LogP contribution in [0, 0.1) is 0 Å². The second-order valence-corrected chi connectivity index (χ2v) is 20.8. The Hall–Kier alpha value is -9.50. The number of anilines is 3. The van der Waals surface area contributed by atoms with Crippen LogP contribution in [0.2, 0.25) is 0 Å². The van der Waals surface area contributed by atoms with E-state index in [0.717, 1.165) is 66.0 Å². The molecule has 0 spiro atoms. The second-order valence-electron chi connectivity index (χ2n) is 20.8. The molecule has 1 atom stereocenters. The Kier molecular flexibility index (Phi) is 12.9. The number of benzene rings is 11. The van der Waals surface area contributed by atoms with E-state index in [1.54, 1.807) is 0 Å². The van der Waals surface area contributed by atoms with Crippen LogP contribution in [0.25, 0.3) is 84.2 Å². The van der Waals surface area contributed by atoms with Gasteiger partial charge < -0.3 is 9.47 Å². The molecule has 1 unspecified atom stereocenters. The Morgan fingerprint density at radius 3 is 1.45 bits per heavy atom. The number of para-hydroxylation sites is 1. The fourth-order valence-corrected chi connectivity index (χ4v) is 12.4. The molecule has 0 bridgehead atoms. The molecule has 0 saturated heterocycles. The summed E-state index contributed by atoms with van der Waals surface area (Å²) in [6.07, 6.45) is 9.30. The largest absolute Gasteiger partial charge is 0.310 e. The lowest BCUT2D eigenvalue weighted by Crippen LogP contribution is -2.27. The summed E-state index contributed by atoms with van der Waals surface area (Å²) in [5.41, 5.74) is 24.1. The maximum atomic E-state index is 3.97. The van der Waals surface area contributed by atoms with Crippen LogP contribution in [0.1, 0.15) is 59.1 Å². The van der Waals surface area contributed by atoms with Gasteiger partial charge in [0.25, 0.3) is 0 Å². The van der Waals surface area contributed by atoms with Gasteiger partial charge in [-0.25, -0.2) is 0 Å². The van der Waals surface area contributed by atoms with Gasteiger partial charge in [0, 0.05) is 38.9 Å². The van der Waals surface area contributed by atoms with Gasteiger partial charge in [0.05, 0.1) is 11.0 Å². The minimum absolute atomic E-state index is 0.319. The van der Waals surface area contributed by atoms with E-state index in [4.69, 9.17) is 0 Å². The van der Waals surface area contributed by atoms with Crippen molar-refractivity contribution in [1.29, 1.82) is 0 Å². The number of hydrogen-bond acceptors (Lipinski definition) is 1. The van der Waals surface area contributed by atoms with Crippen molar-refractivity contribution in [3.63, 3.8) is 0 Å². The predicted molar refractivity (Wildman–Crippen MR) is 332 cm³/mol. The minimum Gasteiger partial charge on any atom is -0.310 e. The topological polar surface area (TPSA) is 8.17 Å². The lowest BCUT2D eigenvalue weighted by Gasteiger charge is -2.34. The van der Waals surface area contributed by atoms with Crippen molar-refractivity contribution in [1.82, 2.24) is 4.57 Å². The van der Waals surface area contributed by atoms with Crippen molar-refractivity contribution < 1.29 is 0 Å². The van der Waals surface area contributed by atoms with E-state index >= 15 is 0 Å². The molecule has 1 aromatic heterocycles. The highest BCUT2D eigenvalue weighted by Crippen LogP contribution is 2.56. The molecule has 13 rings (SSSR count). The molecule has 1 heterocycles. The van der Waals surface area contributed by atoms with E-state index < -0.39 is 0 Å².